The zero-order chi connectivity index (χ0) is 22.7. The first-order valence-electron chi connectivity index (χ1n) is 10.6. The lowest BCUT2D eigenvalue weighted by molar-refractivity contribution is -0.142. The van der Waals surface area contributed by atoms with E-state index in [9.17, 15) is 14.5 Å². The smallest absolute Gasteiger partial charge is 0.330 e. The summed E-state index contributed by atoms with van der Waals surface area (Å²) in [6.07, 6.45) is 3.15. The Balaban J connectivity index is 1.54. The van der Waals surface area contributed by atoms with E-state index in [1.54, 1.807) is 24.5 Å². The zero-order valence-corrected chi connectivity index (χ0v) is 19.1. The maximum Gasteiger partial charge on any atom is 0.330 e. The van der Waals surface area contributed by atoms with Crippen LogP contribution in [0, 0.1) is 6.92 Å². The summed E-state index contributed by atoms with van der Waals surface area (Å²) < 4.78 is 18.3. The summed E-state index contributed by atoms with van der Waals surface area (Å²) in [4.78, 5) is 12.9. The van der Waals surface area contributed by atoms with E-state index in [1.165, 1.54) is 11.1 Å². The molecule has 0 radical (unpaired) electrons. The molecule has 1 unspecified atom stereocenters. The number of hydrogen-bond donors (Lipinski definition) is 2. The van der Waals surface area contributed by atoms with Crippen molar-refractivity contribution in [1.29, 1.82) is 0 Å². The van der Waals surface area contributed by atoms with Crippen molar-refractivity contribution < 1.29 is 19.2 Å². The molecule has 5 nitrogen and oxygen atoms in total. The highest BCUT2D eigenvalue weighted by molar-refractivity contribution is 7.90. The SMILES string of the molecule is Cc1cccc(CCOc2cc(NC3(C(=O)O)Cc4ccccc4C3)ccc2[S+](C)[O-])c1. The average molecular weight is 450 g/mol. The van der Waals surface area contributed by atoms with Crippen LogP contribution in [-0.2, 0) is 35.2 Å². The van der Waals surface area contributed by atoms with Gasteiger partial charge in [0, 0.05) is 31.0 Å². The molecule has 0 spiro atoms. The van der Waals surface area contributed by atoms with Gasteiger partial charge in [-0.3, -0.25) is 0 Å². The maximum atomic E-state index is 12.3. The molecule has 0 amide bonds. The molecule has 0 aliphatic heterocycles. The first-order valence-corrected chi connectivity index (χ1v) is 12.2. The Morgan fingerprint density at radius 3 is 2.44 bits per heavy atom. The summed E-state index contributed by atoms with van der Waals surface area (Å²) in [5, 5.41) is 13.3. The number of carbonyl (C=O) groups is 1. The molecule has 0 saturated carbocycles. The van der Waals surface area contributed by atoms with Crippen LogP contribution in [0.3, 0.4) is 0 Å². The van der Waals surface area contributed by atoms with Gasteiger partial charge in [-0.15, -0.1) is 0 Å². The molecule has 166 valence electrons. The van der Waals surface area contributed by atoms with Gasteiger partial charge >= 0.3 is 5.97 Å². The van der Waals surface area contributed by atoms with Gasteiger partial charge < -0.3 is 19.7 Å². The van der Waals surface area contributed by atoms with Crippen molar-refractivity contribution in [3.63, 3.8) is 0 Å². The summed E-state index contributed by atoms with van der Waals surface area (Å²) in [5.41, 5.74) is 3.98. The van der Waals surface area contributed by atoms with E-state index in [4.69, 9.17) is 4.74 Å². The van der Waals surface area contributed by atoms with Crippen molar-refractivity contribution in [2.24, 2.45) is 0 Å². The Hall–Kier alpha value is -2.96. The largest absolute Gasteiger partial charge is 0.612 e. The highest BCUT2D eigenvalue weighted by atomic mass is 32.2. The normalized spacial score (nSPS) is 15.1. The van der Waals surface area contributed by atoms with Crippen LogP contribution in [0.4, 0.5) is 5.69 Å². The van der Waals surface area contributed by atoms with Crippen molar-refractivity contribution in [3.8, 4) is 5.75 Å². The molecular formula is C26H27NO4S. The van der Waals surface area contributed by atoms with Crippen molar-refractivity contribution >= 4 is 22.8 Å². The van der Waals surface area contributed by atoms with Crippen LogP contribution < -0.4 is 10.1 Å². The highest BCUT2D eigenvalue weighted by Crippen LogP contribution is 2.35. The quantitative estimate of drug-likeness (QED) is 0.499. The number of fused-ring (bicyclic) bond motifs is 1. The lowest BCUT2D eigenvalue weighted by atomic mass is 9.95. The number of aliphatic carboxylic acids is 1. The van der Waals surface area contributed by atoms with Gasteiger partial charge in [0.05, 0.1) is 6.61 Å². The van der Waals surface area contributed by atoms with Crippen molar-refractivity contribution in [3.05, 3.63) is 89.0 Å². The first kappa shape index (κ1) is 22.2. The van der Waals surface area contributed by atoms with Crippen LogP contribution in [0.2, 0.25) is 0 Å². The molecule has 6 heteroatoms. The molecule has 1 aliphatic rings. The molecular weight excluding hydrogens is 422 g/mol. The third kappa shape index (κ3) is 4.76. The number of nitrogens with one attached hydrogen (secondary N) is 1. The van der Waals surface area contributed by atoms with Gasteiger partial charge in [0.25, 0.3) is 0 Å². The molecule has 0 fully saturated rings. The number of hydrogen-bond acceptors (Lipinski definition) is 4. The Morgan fingerprint density at radius 2 is 1.81 bits per heavy atom. The van der Waals surface area contributed by atoms with Crippen molar-refractivity contribution in [2.75, 3.05) is 18.2 Å². The second-order valence-corrected chi connectivity index (χ2v) is 9.69. The van der Waals surface area contributed by atoms with Gasteiger partial charge in [-0.2, -0.15) is 0 Å². The molecule has 3 aromatic rings. The van der Waals surface area contributed by atoms with E-state index >= 15 is 0 Å². The molecule has 0 bridgehead atoms. The topological polar surface area (TPSA) is 81.6 Å². The lowest BCUT2D eigenvalue weighted by Gasteiger charge is -2.27. The van der Waals surface area contributed by atoms with E-state index in [0.717, 1.165) is 17.5 Å². The Bertz CT molecular complexity index is 1100. The summed E-state index contributed by atoms with van der Waals surface area (Å²) >= 11 is -1.23. The number of carboxylic acid groups (broad SMARTS) is 1. The molecule has 4 rings (SSSR count). The zero-order valence-electron chi connectivity index (χ0n) is 18.3. The second-order valence-electron chi connectivity index (χ2n) is 8.34. The third-order valence-electron chi connectivity index (χ3n) is 5.88. The summed E-state index contributed by atoms with van der Waals surface area (Å²) in [6.45, 7) is 2.49. The maximum absolute atomic E-state index is 12.3. The first-order chi connectivity index (χ1) is 15.4. The minimum Gasteiger partial charge on any atom is -0.612 e. The minimum absolute atomic E-state index is 0.406. The van der Waals surface area contributed by atoms with Crippen LogP contribution in [-0.4, -0.2) is 34.0 Å². The number of ether oxygens (including phenoxy) is 1. The number of anilines is 1. The predicted octanol–water partition coefficient (Wildman–Crippen LogP) is 4.39. The van der Waals surface area contributed by atoms with Gasteiger partial charge in [0.2, 0.25) is 0 Å². The van der Waals surface area contributed by atoms with Crippen LogP contribution in [0.15, 0.2) is 71.6 Å². The van der Waals surface area contributed by atoms with Crippen molar-refractivity contribution in [1.82, 2.24) is 0 Å². The number of aryl methyl sites for hydroxylation is 1. The molecule has 0 saturated heterocycles. The fraction of sp³-hybridized carbons (Fsp3) is 0.269. The van der Waals surface area contributed by atoms with E-state index < -0.39 is 22.7 Å². The summed E-state index contributed by atoms with van der Waals surface area (Å²) in [6, 6.07) is 21.4. The Morgan fingerprint density at radius 1 is 1.09 bits per heavy atom. The van der Waals surface area contributed by atoms with E-state index in [1.807, 2.05) is 30.3 Å². The summed E-state index contributed by atoms with van der Waals surface area (Å²) in [5.74, 6) is -0.377. The van der Waals surface area contributed by atoms with E-state index in [0.29, 0.717) is 35.8 Å². The molecule has 1 aliphatic carbocycles. The van der Waals surface area contributed by atoms with Gasteiger partial charge in [-0.05, 0) is 46.9 Å². The van der Waals surface area contributed by atoms with Crippen LogP contribution in [0.5, 0.6) is 5.75 Å². The van der Waals surface area contributed by atoms with Crippen molar-refractivity contribution in [2.45, 2.75) is 36.6 Å². The second kappa shape index (κ2) is 9.27. The average Bonchev–Trinajstić information content (AvgIpc) is 3.13. The van der Waals surface area contributed by atoms with Crippen LogP contribution in [0.1, 0.15) is 22.3 Å². The predicted molar refractivity (Wildman–Crippen MR) is 127 cm³/mol. The monoisotopic (exact) mass is 449 g/mol. The lowest BCUT2D eigenvalue weighted by Crippen LogP contribution is -2.47. The minimum atomic E-state index is -1.23. The number of carboxylic acids is 1. The number of rotatable bonds is 8. The molecule has 2 N–H and O–H groups in total. The Labute approximate surface area is 191 Å². The molecule has 3 aromatic carbocycles. The molecule has 0 aromatic heterocycles. The standard InChI is InChI=1S/C26H27NO4S/c1-18-6-5-7-19(14-18)12-13-31-23-15-22(10-11-24(23)32(2)30)27-26(25(28)29)16-20-8-3-4-9-21(20)17-26/h3-11,14-15,27H,12-13,16-17H2,1-2H3,(H,28,29). The van der Waals surface area contributed by atoms with Gasteiger partial charge in [-0.1, -0.05) is 54.1 Å². The van der Waals surface area contributed by atoms with E-state index in [-0.39, 0.29) is 0 Å². The van der Waals surface area contributed by atoms with Gasteiger partial charge in [0.1, 0.15) is 11.8 Å². The molecule has 32 heavy (non-hydrogen) atoms. The van der Waals surface area contributed by atoms with Gasteiger partial charge in [-0.25, -0.2) is 4.79 Å². The molecule has 0 heterocycles. The fourth-order valence-corrected chi connectivity index (χ4v) is 4.93. The van der Waals surface area contributed by atoms with Crippen LogP contribution >= 0.6 is 0 Å². The third-order valence-corrected chi connectivity index (χ3v) is 6.84. The van der Waals surface area contributed by atoms with Crippen LogP contribution in [0.25, 0.3) is 0 Å². The highest BCUT2D eigenvalue weighted by Gasteiger charge is 2.44. The molecule has 1 atom stereocenters. The van der Waals surface area contributed by atoms with E-state index in [2.05, 4.69) is 30.4 Å². The number of benzene rings is 3. The fourth-order valence-electron chi connectivity index (χ4n) is 4.27. The van der Waals surface area contributed by atoms with Gasteiger partial charge in [0.15, 0.2) is 10.6 Å². The summed E-state index contributed by atoms with van der Waals surface area (Å²) in [7, 11) is 0. The Kier molecular flexibility index (Phi) is 6.44.